The van der Waals surface area contributed by atoms with Crippen LogP contribution in [0.5, 0.6) is 0 Å². The third kappa shape index (κ3) is 3.52. The first-order valence-electron chi connectivity index (χ1n) is 10.0. The Bertz CT molecular complexity index is 1180. The Morgan fingerprint density at radius 3 is 2.50 bits per heavy atom. The molecule has 5 nitrogen and oxygen atoms in total. The molecule has 152 valence electrons. The van der Waals surface area contributed by atoms with E-state index in [1.54, 1.807) is 24.4 Å². The maximum Gasteiger partial charge on any atom is 0.162 e. The average molecular weight is 405 g/mol. The molecule has 1 aliphatic rings. The molecule has 0 unspecified atom stereocenters. The quantitative estimate of drug-likeness (QED) is 0.561. The van der Waals surface area contributed by atoms with Crippen LogP contribution in [0.2, 0.25) is 0 Å². The fourth-order valence-electron chi connectivity index (χ4n) is 3.95. The second-order valence-electron chi connectivity index (χ2n) is 7.40. The van der Waals surface area contributed by atoms with Crippen LogP contribution in [0.1, 0.15) is 5.56 Å². The summed E-state index contributed by atoms with van der Waals surface area (Å²) >= 11 is 0. The minimum Gasteiger partial charge on any atom is -0.367 e. The number of nitrogens with one attached hydrogen (secondary N) is 1. The van der Waals surface area contributed by atoms with Gasteiger partial charge in [-0.2, -0.15) is 0 Å². The van der Waals surface area contributed by atoms with Gasteiger partial charge in [-0.1, -0.05) is 12.1 Å². The molecule has 1 N–H and O–H groups in total. The number of benzene rings is 2. The number of hydrogen-bond acceptors (Lipinski definition) is 4. The lowest BCUT2D eigenvalue weighted by Crippen LogP contribution is -2.43. The molecule has 0 atom stereocenters. The molecule has 3 heterocycles. The highest BCUT2D eigenvalue weighted by atomic mass is 19.1. The van der Waals surface area contributed by atoms with E-state index in [2.05, 4.69) is 15.2 Å². The van der Waals surface area contributed by atoms with Gasteiger partial charge >= 0.3 is 0 Å². The summed E-state index contributed by atoms with van der Waals surface area (Å²) in [5, 5.41) is 3.36. The van der Waals surface area contributed by atoms with E-state index in [0.29, 0.717) is 12.4 Å². The van der Waals surface area contributed by atoms with Gasteiger partial charge < -0.3 is 14.8 Å². The first-order valence-corrected chi connectivity index (χ1v) is 10.0. The van der Waals surface area contributed by atoms with Gasteiger partial charge in [-0.05, 0) is 48.0 Å². The number of pyridine rings is 1. The second kappa shape index (κ2) is 7.84. The van der Waals surface area contributed by atoms with Crippen LogP contribution in [0.15, 0.2) is 60.8 Å². The van der Waals surface area contributed by atoms with E-state index in [-0.39, 0.29) is 11.6 Å². The fraction of sp³-hybridized carbons (Fsp3) is 0.217. The summed E-state index contributed by atoms with van der Waals surface area (Å²) < 4.78 is 29.3. The second-order valence-corrected chi connectivity index (χ2v) is 7.40. The van der Waals surface area contributed by atoms with Crippen molar-refractivity contribution in [2.45, 2.75) is 6.54 Å². The Balaban J connectivity index is 1.68. The predicted molar refractivity (Wildman–Crippen MR) is 114 cm³/mol. The molecule has 7 heteroatoms. The van der Waals surface area contributed by atoms with E-state index in [9.17, 15) is 8.78 Å². The number of nitrogens with zero attached hydrogens (tertiary/aromatic N) is 4. The van der Waals surface area contributed by atoms with E-state index >= 15 is 0 Å². The molecule has 1 saturated heterocycles. The van der Waals surface area contributed by atoms with Crippen molar-refractivity contribution in [1.29, 1.82) is 0 Å². The number of rotatable bonds is 4. The largest absolute Gasteiger partial charge is 0.367 e. The first-order chi connectivity index (χ1) is 14.7. The van der Waals surface area contributed by atoms with Crippen LogP contribution >= 0.6 is 0 Å². The molecule has 0 aliphatic carbocycles. The SMILES string of the molecule is Fc1ccc(-c2nc3c(N4CCNCC4)ccnc3n2Cc2cccc(F)c2)cc1. The molecule has 30 heavy (non-hydrogen) atoms. The zero-order valence-corrected chi connectivity index (χ0v) is 16.4. The van der Waals surface area contributed by atoms with Gasteiger partial charge in [0.25, 0.3) is 0 Å². The molecular formula is C23H21F2N5. The maximum absolute atomic E-state index is 13.8. The highest BCUT2D eigenvalue weighted by molar-refractivity contribution is 5.89. The highest BCUT2D eigenvalue weighted by Gasteiger charge is 2.20. The van der Waals surface area contributed by atoms with E-state index < -0.39 is 0 Å². The monoisotopic (exact) mass is 405 g/mol. The van der Waals surface area contributed by atoms with Gasteiger partial charge in [0.05, 0.1) is 12.2 Å². The predicted octanol–water partition coefficient (Wildman–Crippen LogP) is 3.83. The van der Waals surface area contributed by atoms with Gasteiger partial charge in [-0.3, -0.25) is 0 Å². The van der Waals surface area contributed by atoms with Crippen molar-refractivity contribution in [2.75, 3.05) is 31.1 Å². The van der Waals surface area contributed by atoms with Crippen LogP contribution < -0.4 is 10.2 Å². The van der Waals surface area contributed by atoms with Crippen molar-refractivity contribution in [3.8, 4) is 11.4 Å². The number of hydrogen-bond donors (Lipinski definition) is 1. The summed E-state index contributed by atoms with van der Waals surface area (Å²) in [6, 6.07) is 14.8. The number of piperazine rings is 1. The molecule has 0 saturated carbocycles. The van der Waals surface area contributed by atoms with Crippen LogP contribution in [-0.4, -0.2) is 40.7 Å². The molecule has 5 rings (SSSR count). The van der Waals surface area contributed by atoms with E-state index in [1.165, 1.54) is 24.3 Å². The third-order valence-corrected chi connectivity index (χ3v) is 5.40. The Labute approximate surface area is 173 Å². The Morgan fingerprint density at radius 2 is 1.73 bits per heavy atom. The van der Waals surface area contributed by atoms with Crippen molar-refractivity contribution in [2.24, 2.45) is 0 Å². The molecule has 2 aromatic heterocycles. The molecule has 0 spiro atoms. The molecule has 1 fully saturated rings. The molecule has 1 aliphatic heterocycles. The smallest absolute Gasteiger partial charge is 0.162 e. The van der Waals surface area contributed by atoms with Crippen LogP contribution in [0.25, 0.3) is 22.6 Å². The van der Waals surface area contributed by atoms with E-state index in [4.69, 9.17) is 4.98 Å². The fourth-order valence-corrected chi connectivity index (χ4v) is 3.95. The Morgan fingerprint density at radius 1 is 0.933 bits per heavy atom. The lowest BCUT2D eigenvalue weighted by molar-refractivity contribution is 0.590. The zero-order valence-electron chi connectivity index (χ0n) is 16.4. The molecule has 0 bridgehead atoms. The summed E-state index contributed by atoms with van der Waals surface area (Å²) in [5.41, 5.74) is 4.16. The van der Waals surface area contributed by atoms with E-state index in [0.717, 1.165) is 54.2 Å². The molecular weight excluding hydrogens is 384 g/mol. The van der Waals surface area contributed by atoms with Crippen molar-refractivity contribution >= 4 is 16.9 Å². The van der Waals surface area contributed by atoms with Gasteiger partial charge in [0.1, 0.15) is 23.0 Å². The van der Waals surface area contributed by atoms with Crippen molar-refractivity contribution in [1.82, 2.24) is 19.9 Å². The van der Waals surface area contributed by atoms with Crippen LogP contribution in [0, 0.1) is 11.6 Å². The first kappa shape index (κ1) is 18.7. The highest BCUT2D eigenvalue weighted by Crippen LogP contribution is 2.31. The summed E-state index contributed by atoms with van der Waals surface area (Å²) in [6.45, 7) is 4.03. The number of halogens is 2. The number of imidazole rings is 1. The van der Waals surface area contributed by atoms with Gasteiger partial charge in [0.2, 0.25) is 0 Å². The third-order valence-electron chi connectivity index (χ3n) is 5.40. The minimum atomic E-state index is -0.300. The summed E-state index contributed by atoms with van der Waals surface area (Å²) in [4.78, 5) is 11.8. The normalized spacial score (nSPS) is 14.4. The van der Waals surface area contributed by atoms with Crippen LogP contribution in [-0.2, 0) is 6.54 Å². The Hall–Kier alpha value is -3.32. The van der Waals surface area contributed by atoms with Gasteiger partial charge in [0, 0.05) is 37.9 Å². The van der Waals surface area contributed by atoms with Gasteiger partial charge in [0.15, 0.2) is 5.65 Å². The number of fused-ring (bicyclic) bond motifs is 1. The lowest BCUT2D eigenvalue weighted by atomic mass is 10.2. The van der Waals surface area contributed by atoms with Crippen LogP contribution in [0.4, 0.5) is 14.5 Å². The standard InChI is InChI=1S/C23H21F2N5/c24-18-6-4-17(5-7-18)22-28-21-20(29-12-10-26-11-13-29)8-9-27-23(21)30(22)15-16-2-1-3-19(25)14-16/h1-9,14,26H,10-13,15H2. The molecule has 0 amide bonds. The lowest BCUT2D eigenvalue weighted by Gasteiger charge is -2.29. The molecule has 0 radical (unpaired) electrons. The number of aromatic nitrogens is 3. The summed E-state index contributed by atoms with van der Waals surface area (Å²) in [7, 11) is 0. The van der Waals surface area contributed by atoms with Crippen molar-refractivity contribution in [3.05, 3.63) is 78.0 Å². The Kier molecular flexibility index (Phi) is 4.88. The maximum atomic E-state index is 13.8. The zero-order chi connectivity index (χ0) is 20.5. The van der Waals surface area contributed by atoms with Gasteiger partial charge in [-0.15, -0.1) is 0 Å². The average Bonchev–Trinajstić information content (AvgIpc) is 3.13. The van der Waals surface area contributed by atoms with Gasteiger partial charge in [-0.25, -0.2) is 18.7 Å². The summed E-state index contributed by atoms with van der Waals surface area (Å²) in [6.07, 6.45) is 1.79. The number of anilines is 1. The molecule has 2 aromatic carbocycles. The van der Waals surface area contributed by atoms with Crippen molar-refractivity contribution < 1.29 is 8.78 Å². The topological polar surface area (TPSA) is 46.0 Å². The van der Waals surface area contributed by atoms with E-state index in [1.807, 2.05) is 16.7 Å². The summed E-state index contributed by atoms with van der Waals surface area (Å²) in [5.74, 6) is 0.102. The van der Waals surface area contributed by atoms with Crippen molar-refractivity contribution in [3.63, 3.8) is 0 Å². The molecule has 4 aromatic rings. The van der Waals surface area contributed by atoms with Crippen LogP contribution in [0.3, 0.4) is 0 Å². The minimum absolute atomic E-state index is 0.283.